The highest BCUT2D eigenvalue weighted by Crippen LogP contribution is 2.20. The molecule has 0 aliphatic carbocycles. The molecule has 0 amide bonds. The number of nitrogens with one attached hydrogen (secondary N) is 2. The molecule has 0 bridgehead atoms. The number of aromatic nitrogens is 1. The quantitative estimate of drug-likeness (QED) is 0.187. The van der Waals surface area contributed by atoms with Crippen LogP contribution in [0, 0.1) is 0 Å². The van der Waals surface area contributed by atoms with Gasteiger partial charge in [-0.25, -0.2) is 9.98 Å². The molecule has 29 heavy (non-hydrogen) atoms. The Labute approximate surface area is 187 Å². The van der Waals surface area contributed by atoms with Crippen LogP contribution in [0.4, 0.5) is 13.2 Å². The second-order valence-corrected chi connectivity index (χ2v) is 6.14. The van der Waals surface area contributed by atoms with E-state index in [0.717, 1.165) is 26.1 Å². The van der Waals surface area contributed by atoms with Gasteiger partial charge in [0.05, 0.1) is 6.54 Å². The monoisotopic (exact) mass is 533 g/mol. The minimum absolute atomic E-state index is 0. The molecule has 0 aliphatic heterocycles. The van der Waals surface area contributed by atoms with Crippen molar-refractivity contribution in [3.63, 3.8) is 0 Å². The van der Waals surface area contributed by atoms with Crippen molar-refractivity contribution < 1.29 is 22.6 Å². The van der Waals surface area contributed by atoms with Crippen molar-refractivity contribution in [2.24, 2.45) is 4.99 Å². The fraction of sp³-hybridized carbons (Fsp3) is 0.667. The van der Waals surface area contributed by atoms with E-state index in [1.807, 2.05) is 14.0 Å². The highest BCUT2D eigenvalue weighted by Gasteiger charge is 2.29. The SMILES string of the molecule is CCNC(=NCc1cccnc1OCC(F)(F)F)NCCN(C)CCCOC.I. The Morgan fingerprint density at radius 1 is 1.28 bits per heavy atom. The van der Waals surface area contributed by atoms with Gasteiger partial charge in [-0.05, 0) is 26.5 Å². The molecule has 0 aliphatic rings. The number of hydrogen-bond donors (Lipinski definition) is 2. The van der Waals surface area contributed by atoms with Crippen LogP contribution in [0.3, 0.4) is 0 Å². The number of hydrogen-bond acceptors (Lipinski definition) is 5. The molecule has 0 spiro atoms. The third-order valence-electron chi connectivity index (χ3n) is 3.65. The van der Waals surface area contributed by atoms with Gasteiger partial charge < -0.3 is 25.0 Å². The molecule has 0 aromatic carbocycles. The van der Waals surface area contributed by atoms with E-state index in [1.54, 1.807) is 19.2 Å². The van der Waals surface area contributed by atoms with E-state index in [1.165, 1.54) is 6.20 Å². The Morgan fingerprint density at radius 3 is 2.69 bits per heavy atom. The fourth-order valence-electron chi connectivity index (χ4n) is 2.29. The molecule has 1 aromatic heterocycles. The second kappa shape index (κ2) is 15.5. The number of likely N-dealkylation sites (N-methyl/N-ethyl adjacent to an activating group) is 1. The van der Waals surface area contributed by atoms with E-state index in [9.17, 15) is 13.2 Å². The van der Waals surface area contributed by atoms with E-state index >= 15 is 0 Å². The highest BCUT2D eigenvalue weighted by molar-refractivity contribution is 14.0. The van der Waals surface area contributed by atoms with E-state index < -0.39 is 12.8 Å². The standard InChI is InChI=1S/C18H30F3N5O2.HI/c1-4-22-17(24-9-11-26(2)10-6-12-27-3)25-13-15-7-5-8-23-16(15)28-14-18(19,20)21;/h5,7-8H,4,6,9-14H2,1-3H3,(H2,22,24,25);1H. The number of nitrogens with zero attached hydrogens (tertiary/aromatic N) is 3. The van der Waals surface area contributed by atoms with Crippen molar-refractivity contribution in [3.05, 3.63) is 23.9 Å². The maximum absolute atomic E-state index is 12.4. The zero-order valence-electron chi connectivity index (χ0n) is 17.1. The number of pyridine rings is 1. The molecule has 1 aromatic rings. The average molecular weight is 533 g/mol. The maximum Gasteiger partial charge on any atom is 0.422 e. The van der Waals surface area contributed by atoms with E-state index in [0.29, 0.717) is 24.6 Å². The van der Waals surface area contributed by atoms with Crippen LogP contribution in [0.5, 0.6) is 5.88 Å². The van der Waals surface area contributed by atoms with Crippen LogP contribution in [0.2, 0.25) is 0 Å². The smallest absolute Gasteiger partial charge is 0.422 e. The van der Waals surface area contributed by atoms with Gasteiger partial charge in [-0.3, -0.25) is 0 Å². The van der Waals surface area contributed by atoms with Crippen LogP contribution in [-0.4, -0.2) is 75.6 Å². The largest absolute Gasteiger partial charge is 0.468 e. The first-order valence-corrected chi connectivity index (χ1v) is 9.18. The predicted octanol–water partition coefficient (Wildman–Crippen LogP) is 2.66. The van der Waals surface area contributed by atoms with Crippen LogP contribution in [0.1, 0.15) is 18.9 Å². The molecule has 11 heteroatoms. The molecular weight excluding hydrogens is 502 g/mol. The minimum atomic E-state index is -4.41. The maximum atomic E-state index is 12.4. The zero-order valence-corrected chi connectivity index (χ0v) is 19.4. The van der Waals surface area contributed by atoms with Gasteiger partial charge >= 0.3 is 6.18 Å². The van der Waals surface area contributed by atoms with Crippen molar-refractivity contribution in [2.45, 2.75) is 26.1 Å². The van der Waals surface area contributed by atoms with Crippen LogP contribution in [0.25, 0.3) is 0 Å². The van der Waals surface area contributed by atoms with Crippen molar-refractivity contribution in [1.29, 1.82) is 0 Å². The first kappa shape index (κ1) is 27.7. The molecule has 7 nitrogen and oxygen atoms in total. The number of ether oxygens (including phenoxy) is 2. The zero-order chi connectivity index (χ0) is 20.8. The predicted molar refractivity (Wildman–Crippen MR) is 118 cm³/mol. The summed E-state index contributed by atoms with van der Waals surface area (Å²) in [7, 11) is 3.71. The summed E-state index contributed by atoms with van der Waals surface area (Å²) in [5.41, 5.74) is 0.487. The van der Waals surface area contributed by atoms with E-state index in [4.69, 9.17) is 9.47 Å². The van der Waals surface area contributed by atoms with Crippen molar-refractivity contribution >= 4 is 29.9 Å². The first-order chi connectivity index (χ1) is 13.4. The van der Waals surface area contributed by atoms with E-state index in [2.05, 4.69) is 25.5 Å². The Balaban J connectivity index is 0.00000784. The summed E-state index contributed by atoms with van der Waals surface area (Å²) < 4.78 is 47.0. The van der Waals surface area contributed by atoms with Crippen molar-refractivity contribution in [3.8, 4) is 5.88 Å². The van der Waals surface area contributed by atoms with Crippen LogP contribution in [0.15, 0.2) is 23.3 Å². The van der Waals surface area contributed by atoms with E-state index in [-0.39, 0.29) is 36.4 Å². The summed E-state index contributed by atoms with van der Waals surface area (Å²) in [5.74, 6) is 0.524. The molecular formula is C18H31F3IN5O2. The Hall–Kier alpha value is -1.34. The molecule has 0 unspecified atom stereocenters. The summed E-state index contributed by atoms with van der Waals surface area (Å²) in [5, 5.41) is 6.33. The number of halogens is 4. The molecule has 0 atom stereocenters. The lowest BCUT2D eigenvalue weighted by molar-refractivity contribution is -0.154. The van der Waals surface area contributed by atoms with Gasteiger partial charge in [-0.1, -0.05) is 6.07 Å². The number of rotatable bonds is 12. The molecule has 1 heterocycles. The van der Waals surface area contributed by atoms with Crippen LogP contribution >= 0.6 is 24.0 Å². The molecule has 1 rings (SSSR count). The molecule has 0 saturated carbocycles. The highest BCUT2D eigenvalue weighted by atomic mass is 127. The Morgan fingerprint density at radius 2 is 2.03 bits per heavy atom. The van der Waals surface area contributed by atoms with Gasteiger partial charge in [0.1, 0.15) is 0 Å². The number of aliphatic imine (C=N–C) groups is 1. The molecule has 0 saturated heterocycles. The van der Waals surface area contributed by atoms with Gasteiger partial charge in [-0.15, -0.1) is 24.0 Å². The van der Waals surface area contributed by atoms with Crippen molar-refractivity contribution in [2.75, 3.05) is 53.6 Å². The van der Waals surface area contributed by atoms with Crippen LogP contribution < -0.4 is 15.4 Å². The average Bonchev–Trinajstić information content (AvgIpc) is 2.64. The van der Waals surface area contributed by atoms with Gasteiger partial charge in [0.15, 0.2) is 12.6 Å². The Kier molecular flexibility index (Phi) is 14.8. The fourth-order valence-corrected chi connectivity index (χ4v) is 2.29. The summed E-state index contributed by atoms with van der Waals surface area (Å²) >= 11 is 0. The number of alkyl halides is 3. The first-order valence-electron chi connectivity index (χ1n) is 9.18. The van der Waals surface area contributed by atoms with Gasteiger partial charge in [0.25, 0.3) is 0 Å². The number of guanidine groups is 1. The van der Waals surface area contributed by atoms with Crippen molar-refractivity contribution in [1.82, 2.24) is 20.5 Å². The van der Waals surface area contributed by atoms with Gasteiger partial charge in [0.2, 0.25) is 5.88 Å². The molecule has 0 radical (unpaired) electrons. The van der Waals surface area contributed by atoms with Gasteiger partial charge in [0, 0.05) is 51.7 Å². The van der Waals surface area contributed by atoms with Crippen LogP contribution in [-0.2, 0) is 11.3 Å². The minimum Gasteiger partial charge on any atom is -0.468 e. The topological polar surface area (TPSA) is 71.0 Å². The number of methoxy groups -OCH3 is 1. The lowest BCUT2D eigenvalue weighted by atomic mass is 10.3. The summed E-state index contributed by atoms with van der Waals surface area (Å²) in [6.45, 7) is 4.54. The summed E-state index contributed by atoms with van der Waals surface area (Å²) in [6, 6.07) is 3.29. The molecule has 2 N–H and O–H groups in total. The third-order valence-corrected chi connectivity index (χ3v) is 3.65. The molecule has 0 fully saturated rings. The lowest BCUT2D eigenvalue weighted by Crippen LogP contribution is -2.41. The normalized spacial score (nSPS) is 11.9. The van der Waals surface area contributed by atoms with Gasteiger partial charge in [-0.2, -0.15) is 13.2 Å². The summed E-state index contributed by atoms with van der Waals surface area (Å²) in [6.07, 6.45) is -2.06. The Bertz CT molecular complexity index is 591. The third kappa shape index (κ3) is 13.5. The second-order valence-electron chi connectivity index (χ2n) is 6.14. The lowest BCUT2D eigenvalue weighted by Gasteiger charge is -2.18. The molecule has 168 valence electrons. The summed E-state index contributed by atoms with van der Waals surface area (Å²) in [4.78, 5) is 10.5.